The van der Waals surface area contributed by atoms with Crippen molar-refractivity contribution < 1.29 is 15.0 Å². The van der Waals surface area contributed by atoms with Gasteiger partial charge in [-0.15, -0.1) is 0 Å². The first-order valence-corrected chi connectivity index (χ1v) is 5.97. The number of benzene rings is 1. The van der Waals surface area contributed by atoms with E-state index < -0.39 is 18.0 Å². The summed E-state index contributed by atoms with van der Waals surface area (Å²) in [5.74, 6) is -1.74. The minimum Gasteiger partial charge on any atom is -0.481 e. The van der Waals surface area contributed by atoms with Gasteiger partial charge in [0, 0.05) is 0 Å². The fourth-order valence-corrected chi connectivity index (χ4v) is 1.75. The zero-order valence-corrected chi connectivity index (χ0v) is 10.6. The summed E-state index contributed by atoms with van der Waals surface area (Å²) < 4.78 is 0. The molecule has 3 unspecified atom stereocenters. The summed E-state index contributed by atoms with van der Waals surface area (Å²) in [5, 5.41) is 19.0. The fraction of sp³-hybridized carbons (Fsp3) is 0.500. The van der Waals surface area contributed by atoms with Crippen molar-refractivity contribution in [3.63, 3.8) is 0 Å². The highest BCUT2D eigenvalue weighted by Crippen LogP contribution is 2.28. The zero-order valence-electron chi connectivity index (χ0n) is 10.6. The largest absolute Gasteiger partial charge is 0.481 e. The Bertz CT molecular complexity index is 370. The quantitative estimate of drug-likeness (QED) is 0.826. The van der Waals surface area contributed by atoms with Crippen LogP contribution >= 0.6 is 0 Å². The third kappa shape index (κ3) is 3.30. The van der Waals surface area contributed by atoms with Crippen LogP contribution in [0.1, 0.15) is 38.0 Å². The van der Waals surface area contributed by atoms with Gasteiger partial charge in [0.2, 0.25) is 0 Å². The Morgan fingerprint density at radius 3 is 2.18 bits per heavy atom. The molecule has 0 aliphatic heterocycles. The molecule has 94 valence electrons. The molecule has 3 nitrogen and oxygen atoms in total. The zero-order chi connectivity index (χ0) is 13.0. The monoisotopic (exact) mass is 236 g/mol. The number of aliphatic carboxylic acids is 1. The van der Waals surface area contributed by atoms with Crippen molar-refractivity contribution in [2.75, 3.05) is 0 Å². The number of carboxylic acid groups (broad SMARTS) is 1. The maximum absolute atomic E-state index is 10.9. The average molecular weight is 236 g/mol. The Labute approximate surface area is 102 Å². The van der Waals surface area contributed by atoms with Gasteiger partial charge in [0.15, 0.2) is 0 Å². The first-order chi connectivity index (χ1) is 7.97. The van der Waals surface area contributed by atoms with Crippen molar-refractivity contribution in [2.24, 2.45) is 11.8 Å². The van der Waals surface area contributed by atoms with E-state index in [2.05, 4.69) is 6.92 Å². The number of aryl methyl sites for hydroxylation is 1. The topological polar surface area (TPSA) is 57.5 Å². The molecule has 0 saturated carbocycles. The normalized spacial score (nSPS) is 16.2. The van der Waals surface area contributed by atoms with Crippen molar-refractivity contribution in [2.45, 2.75) is 33.3 Å². The molecule has 0 aliphatic carbocycles. The molecule has 1 rings (SSSR count). The summed E-state index contributed by atoms with van der Waals surface area (Å²) >= 11 is 0. The lowest BCUT2D eigenvalue weighted by Crippen LogP contribution is -2.23. The van der Waals surface area contributed by atoms with Crippen LogP contribution in [0, 0.1) is 11.8 Å². The Kier molecular flexibility index (Phi) is 4.70. The van der Waals surface area contributed by atoms with Crippen molar-refractivity contribution in [1.29, 1.82) is 0 Å². The minimum atomic E-state index is -0.873. The number of carbonyl (C=O) groups is 1. The summed E-state index contributed by atoms with van der Waals surface area (Å²) in [6, 6.07) is 7.68. The number of hydrogen-bond donors (Lipinski definition) is 2. The van der Waals surface area contributed by atoms with Crippen molar-refractivity contribution in [3.8, 4) is 0 Å². The molecule has 3 atom stereocenters. The van der Waals surface area contributed by atoms with Crippen LogP contribution in [0.5, 0.6) is 0 Å². The second-order valence-corrected chi connectivity index (χ2v) is 4.53. The van der Waals surface area contributed by atoms with Gasteiger partial charge in [-0.25, -0.2) is 0 Å². The van der Waals surface area contributed by atoms with Crippen LogP contribution in [0.2, 0.25) is 0 Å². The average Bonchev–Trinajstić information content (AvgIpc) is 2.36. The third-order valence-corrected chi connectivity index (χ3v) is 3.41. The van der Waals surface area contributed by atoms with Crippen LogP contribution in [0.15, 0.2) is 24.3 Å². The van der Waals surface area contributed by atoms with Gasteiger partial charge < -0.3 is 10.2 Å². The van der Waals surface area contributed by atoms with E-state index >= 15 is 0 Å². The lowest BCUT2D eigenvalue weighted by atomic mass is 9.87. The van der Waals surface area contributed by atoms with Gasteiger partial charge in [-0.3, -0.25) is 4.79 Å². The highest BCUT2D eigenvalue weighted by molar-refractivity contribution is 5.69. The lowest BCUT2D eigenvalue weighted by Gasteiger charge is -2.22. The van der Waals surface area contributed by atoms with Crippen LogP contribution in [0.3, 0.4) is 0 Å². The summed E-state index contributed by atoms with van der Waals surface area (Å²) in [5.41, 5.74) is 1.99. The Balaban J connectivity index is 2.80. The number of aliphatic hydroxyl groups is 1. The highest BCUT2D eigenvalue weighted by atomic mass is 16.4. The predicted molar refractivity (Wildman–Crippen MR) is 66.7 cm³/mol. The van der Waals surface area contributed by atoms with Gasteiger partial charge >= 0.3 is 5.97 Å². The molecule has 3 heteroatoms. The molecule has 2 N–H and O–H groups in total. The maximum Gasteiger partial charge on any atom is 0.306 e. The summed E-state index contributed by atoms with van der Waals surface area (Å²) in [7, 11) is 0. The Morgan fingerprint density at radius 2 is 1.76 bits per heavy atom. The van der Waals surface area contributed by atoms with E-state index in [0.717, 1.165) is 12.0 Å². The molecule has 0 spiro atoms. The van der Waals surface area contributed by atoms with Gasteiger partial charge in [0.1, 0.15) is 0 Å². The second-order valence-electron chi connectivity index (χ2n) is 4.53. The van der Waals surface area contributed by atoms with Gasteiger partial charge in [-0.1, -0.05) is 45.0 Å². The first-order valence-electron chi connectivity index (χ1n) is 5.97. The van der Waals surface area contributed by atoms with E-state index in [-0.39, 0.29) is 5.92 Å². The van der Waals surface area contributed by atoms with E-state index in [4.69, 9.17) is 5.11 Å². The first kappa shape index (κ1) is 13.7. The van der Waals surface area contributed by atoms with Gasteiger partial charge in [0.05, 0.1) is 12.0 Å². The number of carboxylic acids is 1. The van der Waals surface area contributed by atoms with Gasteiger partial charge in [0.25, 0.3) is 0 Å². The molecule has 0 bridgehead atoms. The van der Waals surface area contributed by atoms with Crippen LogP contribution in [0.4, 0.5) is 0 Å². The van der Waals surface area contributed by atoms with Crippen LogP contribution in [0.25, 0.3) is 0 Å². The maximum atomic E-state index is 10.9. The summed E-state index contributed by atoms with van der Waals surface area (Å²) in [6.07, 6.45) is 0.226. The molecule has 0 aromatic heterocycles. The molecule has 1 aromatic carbocycles. The summed E-state index contributed by atoms with van der Waals surface area (Å²) in [6.45, 7) is 5.45. The SMILES string of the molecule is CCc1ccc(C(O)C(C)C(C)C(=O)O)cc1. The highest BCUT2D eigenvalue weighted by Gasteiger charge is 2.26. The van der Waals surface area contributed by atoms with E-state index in [1.807, 2.05) is 24.3 Å². The van der Waals surface area contributed by atoms with Crippen LogP contribution < -0.4 is 0 Å². The molecule has 0 amide bonds. The van der Waals surface area contributed by atoms with E-state index in [0.29, 0.717) is 0 Å². The number of rotatable bonds is 5. The van der Waals surface area contributed by atoms with Crippen molar-refractivity contribution in [1.82, 2.24) is 0 Å². The number of hydrogen-bond acceptors (Lipinski definition) is 2. The molecule has 1 aromatic rings. The molecule has 0 fully saturated rings. The van der Waals surface area contributed by atoms with E-state index in [1.165, 1.54) is 5.56 Å². The predicted octanol–water partition coefficient (Wildman–Crippen LogP) is 2.64. The van der Waals surface area contributed by atoms with Crippen LogP contribution in [-0.4, -0.2) is 16.2 Å². The molecule has 0 heterocycles. The molecular weight excluding hydrogens is 216 g/mol. The smallest absolute Gasteiger partial charge is 0.306 e. The van der Waals surface area contributed by atoms with Crippen LogP contribution in [-0.2, 0) is 11.2 Å². The number of aliphatic hydroxyl groups excluding tert-OH is 1. The minimum absolute atomic E-state index is 0.306. The van der Waals surface area contributed by atoms with E-state index in [1.54, 1.807) is 13.8 Å². The third-order valence-electron chi connectivity index (χ3n) is 3.41. The fourth-order valence-electron chi connectivity index (χ4n) is 1.75. The van der Waals surface area contributed by atoms with Crippen molar-refractivity contribution in [3.05, 3.63) is 35.4 Å². The molecule has 17 heavy (non-hydrogen) atoms. The summed E-state index contributed by atoms with van der Waals surface area (Å²) in [4.78, 5) is 10.9. The van der Waals surface area contributed by atoms with Crippen molar-refractivity contribution >= 4 is 5.97 Å². The Morgan fingerprint density at radius 1 is 1.24 bits per heavy atom. The second kappa shape index (κ2) is 5.82. The molecule has 0 radical (unpaired) electrons. The van der Waals surface area contributed by atoms with E-state index in [9.17, 15) is 9.90 Å². The Hall–Kier alpha value is -1.35. The lowest BCUT2D eigenvalue weighted by molar-refractivity contribution is -0.144. The molecule has 0 aliphatic rings. The van der Waals surface area contributed by atoms with Gasteiger partial charge in [-0.2, -0.15) is 0 Å². The molecular formula is C14H20O3. The molecule has 0 saturated heterocycles. The standard InChI is InChI=1S/C14H20O3/c1-4-11-5-7-12(8-6-11)13(15)9(2)10(3)14(16)17/h5-10,13,15H,4H2,1-3H3,(H,16,17). The van der Waals surface area contributed by atoms with Gasteiger partial charge in [-0.05, 0) is 23.5 Å².